The van der Waals surface area contributed by atoms with Gasteiger partial charge in [-0.15, -0.1) is 0 Å². The average molecular weight is 433 g/mol. The van der Waals surface area contributed by atoms with Crippen LogP contribution in [0.25, 0.3) is 16.9 Å². The van der Waals surface area contributed by atoms with Crippen molar-refractivity contribution in [1.82, 2.24) is 25.0 Å². The smallest absolute Gasteiger partial charge is 0.196 e. The third kappa shape index (κ3) is 4.13. The highest BCUT2D eigenvalue weighted by molar-refractivity contribution is 5.63. The Morgan fingerprint density at radius 1 is 0.906 bits per heavy atom. The molecule has 2 aromatic heterocycles. The number of piperazine rings is 1. The molecule has 3 heterocycles. The zero-order valence-electron chi connectivity index (χ0n) is 18.2. The number of aromatic nitrogens is 4. The first kappa shape index (κ1) is 20.4. The number of aryl methyl sites for hydroxylation is 2. The van der Waals surface area contributed by atoms with E-state index in [1.165, 1.54) is 17.7 Å². The van der Waals surface area contributed by atoms with Crippen molar-refractivity contribution in [3.8, 4) is 16.9 Å². The van der Waals surface area contributed by atoms with E-state index in [-0.39, 0.29) is 5.82 Å². The SMILES string of the molecule is Cc1ccc(-n2cc(CN3CCN(c4nonc4C)CC3)c(-c3ccc(F)cc3)n2)cc1. The molecule has 2 aromatic carbocycles. The highest BCUT2D eigenvalue weighted by Crippen LogP contribution is 2.26. The van der Waals surface area contributed by atoms with E-state index in [1.54, 1.807) is 12.1 Å². The molecule has 0 amide bonds. The van der Waals surface area contributed by atoms with Gasteiger partial charge in [0.05, 0.1) is 11.4 Å². The standard InChI is InChI=1S/C24H25FN6O/c1-17-3-9-22(10-4-17)31-16-20(23(26-31)19-5-7-21(25)8-6-19)15-29-11-13-30(14-12-29)24-18(2)27-32-28-24/h3-10,16H,11-15H2,1-2H3. The lowest BCUT2D eigenvalue weighted by Crippen LogP contribution is -2.46. The summed E-state index contributed by atoms with van der Waals surface area (Å²) in [5.41, 5.74) is 5.93. The zero-order valence-corrected chi connectivity index (χ0v) is 18.2. The minimum atomic E-state index is -0.248. The minimum Gasteiger partial charge on any atom is -0.350 e. The van der Waals surface area contributed by atoms with E-state index in [4.69, 9.17) is 9.73 Å². The second-order valence-electron chi connectivity index (χ2n) is 8.23. The van der Waals surface area contributed by atoms with Gasteiger partial charge in [-0.05, 0) is 55.4 Å². The summed E-state index contributed by atoms with van der Waals surface area (Å²) in [6.07, 6.45) is 2.08. The Labute approximate surface area is 186 Å². The van der Waals surface area contributed by atoms with Gasteiger partial charge in [0.15, 0.2) is 5.82 Å². The van der Waals surface area contributed by atoms with E-state index in [9.17, 15) is 4.39 Å². The van der Waals surface area contributed by atoms with Crippen LogP contribution in [0.1, 0.15) is 16.8 Å². The molecule has 7 nitrogen and oxygen atoms in total. The predicted octanol–water partition coefficient (Wildman–Crippen LogP) is 4.00. The molecule has 0 saturated carbocycles. The molecule has 164 valence electrons. The van der Waals surface area contributed by atoms with Gasteiger partial charge in [-0.25, -0.2) is 13.7 Å². The van der Waals surface area contributed by atoms with Crippen molar-refractivity contribution in [3.63, 3.8) is 0 Å². The summed E-state index contributed by atoms with van der Waals surface area (Å²) < 4.78 is 20.3. The Hall–Kier alpha value is -3.52. The molecular weight excluding hydrogens is 407 g/mol. The van der Waals surface area contributed by atoms with Crippen LogP contribution in [-0.2, 0) is 6.54 Å². The number of anilines is 1. The Balaban J connectivity index is 1.39. The van der Waals surface area contributed by atoms with Crippen molar-refractivity contribution in [2.75, 3.05) is 31.1 Å². The van der Waals surface area contributed by atoms with Crippen molar-refractivity contribution in [3.05, 3.63) is 77.4 Å². The fraction of sp³-hybridized carbons (Fsp3) is 0.292. The first-order valence-electron chi connectivity index (χ1n) is 10.7. The lowest BCUT2D eigenvalue weighted by atomic mass is 10.1. The number of nitrogens with zero attached hydrogens (tertiary/aromatic N) is 6. The summed E-state index contributed by atoms with van der Waals surface area (Å²) >= 11 is 0. The third-order valence-electron chi connectivity index (χ3n) is 5.90. The van der Waals surface area contributed by atoms with E-state index >= 15 is 0 Å². The maximum atomic E-state index is 13.5. The van der Waals surface area contributed by atoms with Gasteiger partial charge in [-0.1, -0.05) is 22.9 Å². The van der Waals surface area contributed by atoms with Crippen LogP contribution in [-0.4, -0.2) is 51.2 Å². The quantitative estimate of drug-likeness (QED) is 0.475. The minimum absolute atomic E-state index is 0.248. The van der Waals surface area contributed by atoms with Crippen LogP contribution in [0.3, 0.4) is 0 Å². The molecule has 0 bridgehead atoms. The highest BCUT2D eigenvalue weighted by atomic mass is 19.1. The van der Waals surface area contributed by atoms with Crippen LogP contribution in [0.4, 0.5) is 10.2 Å². The third-order valence-corrected chi connectivity index (χ3v) is 5.90. The van der Waals surface area contributed by atoms with Crippen molar-refractivity contribution in [2.24, 2.45) is 0 Å². The molecule has 0 unspecified atom stereocenters. The Morgan fingerprint density at radius 2 is 1.62 bits per heavy atom. The number of benzene rings is 2. The molecule has 0 radical (unpaired) electrons. The number of rotatable bonds is 5. The first-order chi connectivity index (χ1) is 15.6. The van der Waals surface area contributed by atoms with E-state index in [0.29, 0.717) is 0 Å². The molecule has 1 aliphatic heterocycles. The zero-order chi connectivity index (χ0) is 22.1. The predicted molar refractivity (Wildman–Crippen MR) is 120 cm³/mol. The molecule has 1 aliphatic rings. The normalized spacial score (nSPS) is 14.8. The second kappa shape index (κ2) is 8.55. The fourth-order valence-electron chi connectivity index (χ4n) is 4.08. The van der Waals surface area contributed by atoms with Gasteiger partial charge in [0, 0.05) is 50.0 Å². The van der Waals surface area contributed by atoms with Gasteiger partial charge in [0.1, 0.15) is 11.5 Å². The summed E-state index contributed by atoms with van der Waals surface area (Å²) in [4.78, 5) is 4.61. The Morgan fingerprint density at radius 3 is 2.28 bits per heavy atom. The maximum absolute atomic E-state index is 13.5. The van der Waals surface area contributed by atoms with Crippen molar-refractivity contribution < 1.29 is 9.02 Å². The van der Waals surface area contributed by atoms with Crippen LogP contribution < -0.4 is 4.90 Å². The van der Waals surface area contributed by atoms with E-state index in [1.807, 2.05) is 11.6 Å². The van der Waals surface area contributed by atoms with Crippen molar-refractivity contribution in [1.29, 1.82) is 0 Å². The second-order valence-corrected chi connectivity index (χ2v) is 8.23. The monoisotopic (exact) mass is 432 g/mol. The van der Waals surface area contributed by atoms with E-state index < -0.39 is 0 Å². The van der Waals surface area contributed by atoms with Gasteiger partial charge >= 0.3 is 0 Å². The fourth-order valence-corrected chi connectivity index (χ4v) is 4.08. The van der Waals surface area contributed by atoms with E-state index in [0.717, 1.165) is 66.7 Å². The van der Waals surface area contributed by atoms with Gasteiger partial charge in [0.25, 0.3) is 0 Å². The molecule has 1 saturated heterocycles. The first-order valence-corrected chi connectivity index (χ1v) is 10.7. The molecule has 1 fully saturated rings. The van der Waals surface area contributed by atoms with Crippen molar-refractivity contribution >= 4 is 5.82 Å². The topological polar surface area (TPSA) is 63.2 Å². The van der Waals surface area contributed by atoms with Crippen LogP contribution in [0.5, 0.6) is 0 Å². The molecule has 0 aliphatic carbocycles. The molecule has 8 heteroatoms. The van der Waals surface area contributed by atoms with Gasteiger partial charge in [-0.3, -0.25) is 4.90 Å². The van der Waals surface area contributed by atoms with Crippen LogP contribution in [0, 0.1) is 19.7 Å². The van der Waals surface area contributed by atoms with E-state index in [2.05, 4.69) is 57.5 Å². The molecule has 0 spiro atoms. The summed E-state index contributed by atoms with van der Waals surface area (Å²) in [6, 6.07) is 14.8. The van der Waals surface area contributed by atoms with Gasteiger partial charge in [0.2, 0.25) is 0 Å². The van der Waals surface area contributed by atoms with Gasteiger partial charge in [-0.2, -0.15) is 5.10 Å². The lowest BCUT2D eigenvalue weighted by molar-refractivity contribution is 0.247. The summed E-state index contributed by atoms with van der Waals surface area (Å²) in [5, 5.41) is 12.8. The molecule has 32 heavy (non-hydrogen) atoms. The highest BCUT2D eigenvalue weighted by Gasteiger charge is 2.23. The number of hydrogen-bond acceptors (Lipinski definition) is 6. The Kier molecular flexibility index (Phi) is 5.45. The van der Waals surface area contributed by atoms with Crippen LogP contribution in [0.15, 0.2) is 59.4 Å². The maximum Gasteiger partial charge on any atom is 0.196 e. The summed E-state index contributed by atoms with van der Waals surface area (Å²) in [5.74, 6) is 0.575. The molecule has 0 atom stereocenters. The number of hydrogen-bond donors (Lipinski definition) is 0. The molecule has 4 aromatic rings. The summed E-state index contributed by atoms with van der Waals surface area (Å²) in [6.45, 7) is 8.24. The Bertz CT molecular complexity index is 1190. The molecule has 0 N–H and O–H groups in total. The summed E-state index contributed by atoms with van der Waals surface area (Å²) in [7, 11) is 0. The average Bonchev–Trinajstić information content (AvgIpc) is 3.42. The van der Waals surface area contributed by atoms with Crippen LogP contribution in [0.2, 0.25) is 0 Å². The lowest BCUT2D eigenvalue weighted by Gasteiger charge is -2.34. The van der Waals surface area contributed by atoms with Crippen LogP contribution >= 0.6 is 0 Å². The molecule has 5 rings (SSSR count). The number of halogens is 1. The van der Waals surface area contributed by atoms with Crippen molar-refractivity contribution in [2.45, 2.75) is 20.4 Å². The molecular formula is C24H25FN6O. The largest absolute Gasteiger partial charge is 0.350 e. The van der Waals surface area contributed by atoms with Gasteiger partial charge < -0.3 is 4.90 Å².